The minimum atomic E-state index is -0.831. The molecule has 0 bridgehead atoms. The van der Waals surface area contributed by atoms with Crippen LogP contribution < -0.4 is 20.9 Å². The summed E-state index contributed by atoms with van der Waals surface area (Å²) in [5.74, 6) is -0.652. The Hall–Kier alpha value is -3.87. The second-order valence-electron chi connectivity index (χ2n) is 6.35. The quantitative estimate of drug-likeness (QED) is 0.778. The molecule has 1 amide bonds. The van der Waals surface area contributed by atoms with Crippen molar-refractivity contribution in [2.45, 2.75) is 6.61 Å². The second kappa shape index (κ2) is 8.88. The highest BCUT2D eigenvalue weighted by Gasteiger charge is 2.24. The molecule has 2 heterocycles. The molecule has 150 valence electrons. The number of nitrogens with zero attached hydrogens (tertiary/aromatic N) is 5. The van der Waals surface area contributed by atoms with Gasteiger partial charge in [-0.2, -0.15) is 15.5 Å². The highest BCUT2D eigenvalue weighted by molar-refractivity contribution is 5.69. The van der Waals surface area contributed by atoms with Gasteiger partial charge in [-0.3, -0.25) is 5.32 Å². The van der Waals surface area contributed by atoms with Gasteiger partial charge in [0.1, 0.15) is 12.7 Å². The van der Waals surface area contributed by atoms with Crippen molar-refractivity contribution in [2.24, 2.45) is 5.73 Å². The van der Waals surface area contributed by atoms with Gasteiger partial charge in [0.25, 0.3) is 0 Å². The van der Waals surface area contributed by atoms with Crippen LogP contribution in [-0.4, -0.2) is 42.5 Å². The minimum absolute atomic E-state index is 0.0711. The smallest absolute Gasteiger partial charge is 0.413 e. The van der Waals surface area contributed by atoms with Gasteiger partial charge in [-0.1, -0.05) is 12.6 Å². The van der Waals surface area contributed by atoms with E-state index in [1.54, 1.807) is 12.4 Å². The highest BCUT2D eigenvalue weighted by Crippen LogP contribution is 2.29. The first-order chi connectivity index (χ1) is 14.0. The van der Waals surface area contributed by atoms with Crippen LogP contribution in [-0.2, 0) is 11.3 Å². The van der Waals surface area contributed by atoms with Gasteiger partial charge in [-0.05, 0) is 12.1 Å². The van der Waals surface area contributed by atoms with Crippen molar-refractivity contribution >= 4 is 17.5 Å². The molecule has 1 aromatic heterocycles. The summed E-state index contributed by atoms with van der Waals surface area (Å²) in [7, 11) is 0. The largest absolute Gasteiger partial charge is 0.444 e. The number of ether oxygens (including phenoxy) is 1. The Bertz CT molecular complexity index is 938. The van der Waals surface area contributed by atoms with E-state index in [1.807, 2.05) is 17.0 Å². The van der Waals surface area contributed by atoms with Gasteiger partial charge < -0.3 is 20.3 Å². The zero-order valence-electron chi connectivity index (χ0n) is 15.6. The fourth-order valence-electron chi connectivity index (χ4n) is 3.09. The maximum atomic E-state index is 15.2. The molecular formula is C19H20FN7O2. The summed E-state index contributed by atoms with van der Waals surface area (Å²) >= 11 is 0. The maximum absolute atomic E-state index is 15.2. The van der Waals surface area contributed by atoms with E-state index in [9.17, 15) is 10.1 Å². The summed E-state index contributed by atoms with van der Waals surface area (Å²) in [4.78, 5) is 15.5. The molecule has 0 radical (unpaired) electrons. The lowest BCUT2D eigenvalue weighted by Gasteiger charge is -2.37. The fourth-order valence-corrected chi connectivity index (χ4v) is 3.09. The van der Waals surface area contributed by atoms with Crippen molar-refractivity contribution in [3.05, 3.63) is 59.9 Å². The number of hydrogen-bond donors (Lipinski definition) is 2. The van der Waals surface area contributed by atoms with E-state index in [2.05, 4.69) is 27.0 Å². The number of anilines is 2. The van der Waals surface area contributed by atoms with Crippen molar-refractivity contribution in [3.8, 4) is 6.07 Å². The number of alkyl carbamates (subject to hydrolysis) is 1. The van der Waals surface area contributed by atoms with Crippen LogP contribution >= 0.6 is 0 Å². The Labute approximate surface area is 167 Å². The Kier molecular flexibility index (Phi) is 6.09. The Morgan fingerprint density at radius 1 is 1.28 bits per heavy atom. The van der Waals surface area contributed by atoms with Crippen LogP contribution in [0.1, 0.15) is 11.1 Å². The summed E-state index contributed by atoms with van der Waals surface area (Å²) in [6, 6.07) is 6.85. The lowest BCUT2D eigenvalue weighted by molar-refractivity contribution is 0.141. The lowest BCUT2D eigenvalue weighted by atomic mass is 10.1. The number of piperazine rings is 1. The number of carbonyl (C=O) groups excluding carboxylic acids is 1. The molecule has 1 aliphatic heterocycles. The average molecular weight is 397 g/mol. The first kappa shape index (κ1) is 19.9. The molecule has 10 heteroatoms. The minimum Gasteiger partial charge on any atom is -0.444 e. The monoisotopic (exact) mass is 397 g/mol. The topological polar surface area (TPSA) is 120 Å². The summed E-state index contributed by atoms with van der Waals surface area (Å²) in [5.41, 5.74) is 6.81. The molecule has 1 aromatic carbocycles. The predicted molar refractivity (Wildman–Crippen MR) is 104 cm³/mol. The molecule has 2 aromatic rings. The van der Waals surface area contributed by atoms with Crippen molar-refractivity contribution in [1.29, 1.82) is 5.26 Å². The zero-order valence-corrected chi connectivity index (χ0v) is 15.6. The lowest BCUT2D eigenvalue weighted by Crippen LogP contribution is -2.47. The Balaban J connectivity index is 1.74. The van der Waals surface area contributed by atoms with Gasteiger partial charge in [0, 0.05) is 31.7 Å². The van der Waals surface area contributed by atoms with Crippen molar-refractivity contribution < 1.29 is 13.9 Å². The van der Waals surface area contributed by atoms with Gasteiger partial charge >= 0.3 is 6.09 Å². The fraction of sp³-hybridized carbons (Fsp3) is 0.263. The first-order valence-electron chi connectivity index (χ1n) is 8.86. The number of benzene rings is 1. The van der Waals surface area contributed by atoms with Gasteiger partial charge in [0.2, 0.25) is 0 Å². The Morgan fingerprint density at radius 3 is 2.62 bits per heavy atom. The first-order valence-corrected chi connectivity index (χ1v) is 8.86. The SMILES string of the molecule is C=C(N)NC(=O)OCc1ccc(C#N)c(N2CCN(c3ccnnc3)CC2)c1F. The van der Waals surface area contributed by atoms with Crippen molar-refractivity contribution in [2.75, 3.05) is 36.0 Å². The summed E-state index contributed by atoms with van der Waals surface area (Å²) < 4.78 is 20.1. The van der Waals surface area contributed by atoms with Crippen LogP contribution in [0.4, 0.5) is 20.6 Å². The van der Waals surface area contributed by atoms with Crippen molar-refractivity contribution in [1.82, 2.24) is 15.5 Å². The molecule has 0 aliphatic carbocycles. The normalized spacial score (nSPS) is 13.5. The van der Waals surface area contributed by atoms with Gasteiger partial charge in [0.15, 0.2) is 5.82 Å². The molecule has 0 unspecified atom stereocenters. The molecule has 0 spiro atoms. The molecule has 0 saturated carbocycles. The predicted octanol–water partition coefficient (Wildman–Crippen LogP) is 1.47. The number of nitriles is 1. The third kappa shape index (κ3) is 4.70. The van der Waals surface area contributed by atoms with Gasteiger partial charge in [-0.15, -0.1) is 0 Å². The second-order valence-corrected chi connectivity index (χ2v) is 6.35. The number of nitrogens with two attached hydrogens (primary N) is 1. The molecule has 1 aliphatic rings. The zero-order chi connectivity index (χ0) is 20.8. The van der Waals surface area contributed by atoms with E-state index in [-0.39, 0.29) is 29.2 Å². The van der Waals surface area contributed by atoms with Gasteiger partial charge in [0.05, 0.1) is 35.2 Å². The highest BCUT2D eigenvalue weighted by atomic mass is 19.1. The molecular weight excluding hydrogens is 377 g/mol. The van der Waals surface area contributed by atoms with Crippen LogP contribution in [0.3, 0.4) is 0 Å². The van der Waals surface area contributed by atoms with E-state index in [0.29, 0.717) is 26.2 Å². The van der Waals surface area contributed by atoms with Crippen LogP contribution in [0.2, 0.25) is 0 Å². The van der Waals surface area contributed by atoms with E-state index in [1.165, 1.54) is 12.1 Å². The molecule has 1 fully saturated rings. The summed E-state index contributed by atoms with van der Waals surface area (Å²) in [6.45, 7) is 5.34. The van der Waals surface area contributed by atoms with E-state index in [0.717, 1.165) is 5.69 Å². The summed E-state index contributed by atoms with van der Waals surface area (Å²) in [5, 5.41) is 19.2. The van der Waals surface area contributed by atoms with Crippen LogP contribution in [0.5, 0.6) is 0 Å². The van der Waals surface area contributed by atoms with E-state index < -0.39 is 11.9 Å². The summed E-state index contributed by atoms with van der Waals surface area (Å²) in [6.07, 6.45) is 2.47. The van der Waals surface area contributed by atoms with Crippen LogP contribution in [0.25, 0.3) is 0 Å². The third-order valence-corrected chi connectivity index (χ3v) is 4.47. The Morgan fingerprint density at radius 2 is 2.00 bits per heavy atom. The molecule has 9 nitrogen and oxygen atoms in total. The number of nitrogens with one attached hydrogen (secondary N) is 1. The molecule has 3 rings (SSSR count). The number of hydrogen-bond acceptors (Lipinski definition) is 8. The van der Waals surface area contributed by atoms with Crippen LogP contribution in [0, 0.1) is 17.1 Å². The van der Waals surface area contributed by atoms with Gasteiger partial charge in [-0.25, -0.2) is 9.18 Å². The van der Waals surface area contributed by atoms with E-state index in [4.69, 9.17) is 10.5 Å². The number of carbonyl (C=O) groups is 1. The molecule has 1 saturated heterocycles. The van der Waals surface area contributed by atoms with Crippen molar-refractivity contribution in [3.63, 3.8) is 0 Å². The number of aromatic nitrogens is 2. The number of halogens is 1. The molecule has 0 atom stereocenters. The third-order valence-electron chi connectivity index (χ3n) is 4.47. The number of rotatable bonds is 5. The molecule has 3 N–H and O–H groups in total. The average Bonchev–Trinajstić information content (AvgIpc) is 2.73. The molecule has 29 heavy (non-hydrogen) atoms. The number of amides is 1. The standard InChI is InChI=1S/C19H20FN7O2/c1-13(22)25-19(28)29-12-15-3-2-14(10-21)18(17(15)20)27-8-6-26(7-9-27)16-4-5-23-24-11-16/h2-5,11H,1,6-9,12,22H2,(H,25,28). The van der Waals surface area contributed by atoms with Crippen LogP contribution in [0.15, 0.2) is 43.0 Å². The van der Waals surface area contributed by atoms with E-state index >= 15 is 4.39 Å². The maximum Gasteiger partial charge on any atom is 0.413 e.